The molecule has 0 aromatic carbocycles. The predicted octanol–water partition coefficient (Wildman–Crippen LogP) is 12.3. The van der Waals surface area contributed by atoms with Crippen molar-refractivity contribution in [3.63, 3.8) is 0 Å². The molecule has 0 aliphatic heterocycles. The molecule has 0 fully saturated rings. The van der Waals surface area contributed by atoms with Crippen LogP contribution in [0, 0.1) is 0 Å². The van der Waals surface area contributed by atoms with E-state index in [0.717, 1.165) is 38.8 Å². The van der Waals surface area contributed by atoms with Gasteiger partial charge in [0.25, 0.3) is 0 Å². The lowest BCUT2D eigenvalue weighted by atomic mass is 10.1. The average molecular weight is 656 g/mol. The van der Waals surface area contributed by atoms with Crippen molar-refractivity contribution in [2.75, 3.05) is 26.4 Å². The van der Waals surface area contributed by atoms with Gasteiger partial charge in [-0.05, 0) is 44.7 Å². The first-order valence-electron chi connectivity index (χ1n) is 20.9. The summed E-state index contributed by atoms with van der Waals surface area (Å²) in [5, 5.41) is 0. The summed E-state index contributed by atoms with van der Waals surface area (Å²) in [7, 11) is -0.316. The number of rotatable bonds is 41. The molecule has 0 saturated carbocycles. The van der Waals surface area contributed by atoms with Gasteiger partial charge in [-0.15, -0.1) is 0 Å². The lowest BCUT2D eigenvalue weighted by molar-refractivity contribution is -0.148. The molecule has 0 unspecified atom stereocenters. The fourth-order valence-corrected chi connectivity index (χ4v) is 7.00. The minimum Gasteiger partial charge on any atom is -0.424 e. The van der Waals surface area contributed by atoms with Gasteiger partial charge in [-0.2, -0.15) is 0 Å². The van der Waals surface area contributed by atoms with Gasteiger partial charge in [0, 0.05) is 19.8 Å². The van der Waals surface area contributed by atoms with Crippen LogP contribution in [0.5, 0.6) is 0 Å². The van der Waals surface area contributed by atoms with Crippen LogP contribution in [0.15, 0.2) is 0 Å². The van der Waals surface area contributed by atoms with Gasteiger partial charge in [-0.25, -0.2) is 0 Å². The van der Waals surface area contributed by atoms with Crippen molar-refractivity contribution in [2.45, 2.75) is 232 Å². The number of unbranched alkanes of at least 4 members (excludes halogenated alkanes) is 28. The minimum absolute atomic E-state index is 0.0236. The first kappa shape index (κ1) is 45.1. The summed E-state index contributed by atoms with van der Waals surface area (Å²) in [4.78, 5) is 0. The number of ether oxygens (including phenoxy) is 2. The van der Waals surface area contributed by atoms with Gasteiger partial charge in [-0.3, -0.25) is 0 Å². The van der Waals surface area contributed by atoms with Gasteiger partial charge in [0.15, 0.2) is 16.1 Å². The van der Waals surface area contributed by atoms with Crippen LogP contribution in [0.2, 0.25) is 6.04 Å². The Kier molecular flexibility index (Phi) is 42.1. The summed E-state index contributed by atoms with van der Waals surface area (Å²) in [6, 6.07) is 1.13. The summed E-state index contributed by atoms with van der Waals surface area (Å²) in [5.41, 5.74) is 5.53. The Morgan fingerprint density at radius 2 is 0.711 bits per heavy atom. The molecule has 0 atom stereocenters. The van der Waals surface area contributed by atoms with Crippen molar-refractivity contribution in [2.24, 2.45) is 5.73 Å². The molecule has 0 bridgehead atoms. The van der Waals surface area contributed by atoms with E-state index in [4.69, 9.17) is 19.6 Å². The molecule has 0 aromatic rings. The average Bonchev–Trinajstić information content (AvgIpc) is 3.05. The lowest BCUT2D eigenvalue weighted by Gasteiger charge is -2.19. The molecule has 2 N–H and O–H groups in total. The molecule has 0 aromatic heterocycles. The topological polar surface area (TPSA) is 53.7 Å². The standard InChI is InChI=1S/C40H85NO3Si/c1-3-5-7-9-11-13-19-23-27-31-36-42-40(43-37-32-28-24-20-14-12-10-8-6-4-2)34-30-26-22-18-16-15-17-21-25-29-33-38-44-45-39-35-41/h40H,3-39,41,45H2,1-2H3. The third-order valence-corrected chi connectivity index (χ3v) is 10.6. The quantitative estimate of drug-likeness (QED) is 0.0404. The highest BCUT2D eigenvalue weighted by Crippen LogP contribution is 2.16. The lowest BCUT2D eigenvalue weighted by Crippen LogP contribution is -2.19. The van der Waals surface area contributed by atoms with Gasteiger partial charge in [0.05, 0.1) is 0 Å². The Morgan fingerprint density at radius 3 is 1.07 bits per heavy atom. The van der Waals surface area contributed by atoms with Gasteiger partial charge in [-0.1, -0.05) is 187 Å². The van der Waals surface area contributed by atoms with Crippen molar-refractivity contribution in [3.8, 4) is 0 Å². The van der Waals surface area contributed by atoms with Crippen LogP contribution in [0.1, 0.15) is 219 Å². The van der Waals surface area contributed by atoms with Gasteiger partial charge in [0.2, 0.25) is 0 Å². The smallest absolute Gasteiger partial charge is 0.162 e. The summed E-state index contributed by atoms with van der Waals surface area (Å²) in [6.45, 7) is 8.13. The third-order valence-electron chi connectivity index (χ3n) is 9.32. The maximum absolute atomic E-state index is 6.30. The summed E-state index contributed by atoms with van der Waals surface area (Å²) in [6.07, 6.45) is 43.5. The van der Waals surface area contributed by atoms with Crippen LogP contribution in [0.4, 0.5) is 0 Å². The van der Waals surface area contributed by atoms with Gasteiger partial charge in [0.1, 0.15) is 0 Å². The van der Waals surface area contributed by atoms with Crippen LogP contribution in [-0.2, 0) is 13.9 Å². The fourth-order valence-electron chi connectivity index (χ4n) is 6.22. The number of hydrogen-bond acceptors (Lipinski definition) is 4. The minimum atomic E-state index is -0.316. The number of hydrogen-bond donors (Lipinski definition) is 1. The van der Waals surface area contributed by atoms with E-state index in [0.29, 0.717) is 0 Å². The van der Waals surface area contributed by atoms with Crippen molar-refractivity contribution in [3.05, 3.63) is 0 Å². The van der Waals surface area contributed by atoms with E-state index in [-0.39, 0.29) is 16.1 Å². The van der Waals surface area contributed by atoms with Crippen LogP contribution in [0.3, 0.4) is 0 Å². The molecule has 0 aliphatic rings. The molecule has 5 heteroatoms. The van der Waals surface area contributed by atoms with E-state index in [2.05, 4.69) is 13.8 Å². The second-order valence-electron chi connectivity index (χ2n) is 14.0. The maximum Gasteiger partial charge on any atom is 0.162 e. The Labute approximate surface area is 286 Å². The van der Waals surface area contributed by atoms with Crippen molar-refractivity contribution >= 4 is 9.76 Å². The second kappa shape index (κ2) is 42.1. The molecule has 45 heavy (non-hydrogen) atoms. The van der Waals surface area contributed by atoms with Crippen molar-refractivity contribution < 1.29 is 13.9 Å². The zero-order chi connectivity index (χ0) is 32.6. The molecule has 0 spiro atoms. The van der Waals surface area contributed by atoms with Crippen molar-refractivity contribution in [1.29, 1.82) is 0 Å². The number of nitrogens with two attached hydrogens (primary N) is 1. The van der Waals surface area contributed by atoms with Gasteiger partial charge >= 0.3 is 0 Å². The van der Waals surface area contributed by atoms with Crippen LogP contribution >= 0.6 is 0 Å². The van der Waals surface area contributed by atoms with Crippen molar-refractivity contribution in [1.82, 2.24) is 0 Å². The first-order chi connectivity index (χ1) is 22.3. The highest BCUT2D eigenvalue weighted by molar-refractivity contribution is 6.27. The monoisotopic (exact) mass is 656 g/mol. The Morgan fingerprint density at radius 1 is 0.400 bits per heavy atom. The molecule has 0 aliphatic carbocycles. The molecular weight excluding hydrogens is 571 g/mol. The highest BCUT2D eigenvalue weighted by atomic mass is 28.2. The molecule has 0 rings (SSSR count). The van der Waals surface area contributed by atoms with E-state index in [1.807, 2.05) is 0 Å². The van der Waals surface area contributed by atoms with Crippen LogP contribution in [0.25, 0.3) is 0 Å². The Balaban J connectivity index is 3.87. The molecule has 0 radical (unpaired) electrons. The van der Waals surface area contributed by atoms with E-state index in [9.17, 15) is 0 Å². The van der Waals surface area contributed by atoms with Crippen LogP contribution in [-0.4, -0.2) is 42.4 Å². The van der Waals surface area contributed by atoms with Gasteiger partial charge < -0.3 is 19.6 Å². The molecule has 272 valence electrons. The maximum atomic E-state index is 6.30. The summed E-state index contributed by atoms with van der Waals surface area (Å²) < 4.78 is 18.3. The summed E-state index contributed by atoms with van der Waals surface area (Å²) >= 11 is 0. The predicted molar refractivity (Wildman–Crippen MR) is 203 cm³/mol. The molecule has 0 amide bonds. The molecule has 0 heterocycles. The molecule has 4 nitrogen and oxygen atoms in total. The normalized spacial score (nSPS) is 12.0. The summed E-state index contributed by atoms with van der Waals surface area (Å²) in [5.74, 6) is 0. The molecular formula is C40H85NO3Si. The Hall–Kier alpha value is 0.0569. The van der Waals surface area contributed by atoms with E-state index >= 15 is 0 Å². The van der Waals surface area contributed by atoms with Crippen LogP contribution < -0.4 is 5.73 Å². The fraction of sp³-hybridized carbons (Fsp3) is 1.00. The molecule has 0 saturated heterocycles. The zero-order valence-electron chi connectivity index (χ0n) is 31.2. The van der Waals surface area contributed by atoms with E-state index in [1.54, 1.807) is 0 Å². The Bertz CT molecular complexity index is 484. The van der Waals surface area contributed by atoms with E-state index in [1.165, 1.54) is 199 Å². The first-order valence-corrected chi connectivity index (χ1v) is 22.4. The SMILES string of the molecule is CCCCCCCCCCCCOC(CCCCCCCCCCCCCO[SiH2]CCN)OCCCCCCCCCCCC. The zero-order valence-corrected chi connectivity index (χ0v) is 32.7. The van der Waals surface area contributed by atoms with E-state index < -0.39 is 0 Å². The largest absolute Gasteiger partial charge is 0.424 e. The second-order valence-corrected chi connectivity index (χ2v) is 15.5. The highest BCUT2D eigenvalue weighted by Gasteiger charge is 2.09. The third kappa shape index (κ3) is 40.1.